The number of benzene rings is 1. The molecule has 0 aliphatic carbocycles. The normalized spacial score (nSPS) is 21.7. The molecule has 0 bridgehead atoms. The molecule has 1 unspecified atom stereocenters. The maximum absolute atomic E-state index is 12.0. The van der Waals surface area contributed by atoms with Crippen molar-refractivity contribution in [3.8, 4) is 0 Å². The Kier molecular flexibility index (Phi) is 8.47. The van der Waals surface area contributed by atoms with Crippen LogP contribution in [-0.2, 0) is 20.9 Å². The van der Waals surface area contributed by atoms with Gasteiger partial charge in [-0.25, -0.2) is 15.3 Å². The number of hydrogen-bond acceptors (Lipinski definition) is 6. The van der Waals surface area contributed by atoms with Crippen molar-refractivity contribution in [2.45, 2.75) is 57.9 Å². The van der Waals surface area contributed by atoms with Crippen LogP contribution in [-0.4, -0.2) is 47.8 Å². The van der Waals surface area contributed by atoms with Gasteiger partial charge in [-0.1, -0.05) is 29.8 Å². The van der Waals surface area contributed by atoms with Crippen LogP contribution >= 0.6 is 0 Å². The quantitative estimate of drug-likeness (QED) is 0.467. The summed E-state index contributed by atoms with van der Waals surface area (Å²) >= 11 is 0. The smallest absolute Gasteiger partial charge is 0.267 e. The lowest BCUT2D eigenvalue weighted by Crippen LogP contribution is -2.41. The van der Waals surface area contributed by atoms with Crippen molar-refractivity contribution in [2.24, 2.45) is 0 Å². The summed E-state index contributed by atoms with van der Waals surface area (Å²) < 4.78 is 5.43. The predicted octanol–water partition coefficient (Wildman–Crippen LogP) is 4.05. The van der Waals surface area contributed by atoms with E-state index in [0.29, 0.717) is 12.6 Å². The summed E-state index contributed by atoms with van der Waals surface area (Å²) in [5.74, 6) is 0.541. The lowest BCUT2D eigenvalue weighted by Gasteiger charge is -2.33. The molecule has 7 heteroatoms. The summed E-state index contributed by atoms with van der Waals surface area (Å²) in [4.78, 5) is 24.3. The fraction of sp³-hybridized carbons (Fsp3) is 0.462. The molecule has 1 amide bonds. The van der Waals surface area contributed by atoms with Crippen molar-refractivity contribution in [1.29, 1.82) is 0 Å². The number of nitrogens with zero attached hydrogens (tertiary/aromatic N) is 2. The Bertz CT molecular complexity index is 908. The number of carbonyl (C=O) groups is 1. The number of anilines is 1. The first-order valence-corrected chi connectivity index (χ1v) is 11.9. The standard InChI is InChI=1S/C26H34N4O3/c1-20-7-9-22(10-8-20)18-30-15-4-5-23(19-30)28-24-13-11-21(17-27-24)12-14-25(31)29-33-26-6-2-3-16-32-26/h7-14,17,23,26H,2-6,15-16,18-19H2,1H3,(H,27,28)(H,29,31)/b14-12+/t23-,26?/m1/s1. The average Bonchev–Trinajstić information content (AvgIpc) is 2.85. The van der Waals surface area contributed by atoms with E-state index in [-0.39, 0.29) is 12.2 Å². The molecule has 2 aromatic rings. The van der Waals surface area contributed by atoms with Gasteiger partial charge in [0.05, 0.1) is 0 Å². The highest BCUT2D eigenvalue weighted by atomic mass is 16.8. The molecule has 0 saturated carbocycles. The molecule has 2 N–H and O–H groups in total. The molecule has 176 valence electrons. The van der Waals surface area contributed by atoms with E-state index >= 15 is 0 Å². The first-order chi connectivity index (χ1) is 16.1. The fourth-order valence-electron chi connectivity index (χ4n) is 4.20. The zero-order valence-corrected chi connectivity index (χ0v) is 19.3. The van der Waals surface area contributed by atoms with Gasteiger partial charge in [0.15, 0.2) is 6.29 Å². The first-order valence-electron chi connectivity index (χ1n) is 11.9. The Morgan fingerprint density at radius 1 is 1.18 bits per heavy atom. The number of aryl methyl sites for hydroxylation is 1. The van der Waals surface area contributed by atoms with Crippen LogP contribution in [0.4, 0.5) is 5.82 Å². The highest BCUT2D eigenvalue weighted by Gasteiger charge is 2.20. The molecule has 0 spiro atoms. The third-order valence-corrected chi connectivity index (χ3v) is 6.03. The maximum Gasteiger partial charge on any atom is 0.267 e. The van der Waals surface area contributed by atoms with E-state index in [1.54, 1.807) is 12.3 Å². The van der Waals surface area contributed by atoms with Gasteiger partial charge in [0.1, 0.15) is 5.82 Å². The van der Waals surface area contributed by atoms with Gasteiger partial charge >= 0.3 is 0 Å². The second kappa shape index (κ2) is 11.9. The van der Waals surface area contributed by atoms with Gasteiger partial charge in [-0.05, 0) is 68.5 Å². The number of pyridine rings is 1. The Balaban J connectivity index is 1.21. The number of likely N-dealkylation sites (tertiary alicyclic amines) is 1. The van der Waals surface area contributed by atoms with Crippen molar-refractivity contribution >= 4 is 17.8 Å². The largest absolute Gasteiger partial charge is 0.366 e. The van der Waals surface area contributed by atoms with Gasteiger partial charge < -0.3 is 10.1 Å². The van der Waals surface area contributed by atoms with Crippen LogP contribution in [0.2, 0.25) is 0 Å². The molecule has 2 aliphatic rings. The summed E-state index contributed by atoms with van der Waals surface area (Å²) in [5.41, 5.74) is 5.93. The molecule has 0 radical (unpaired) electrons. The second-order valence-electron chi connectivity index (χ2n) is 8.89. The maximum atomic E-state index is 12.0. The summed E-state index contributed by atoms with van der Waals surface area (Å²) in [6.07, 6.45) is 9.78. The van der Waals surface area contributed by atoms with Crippen LogP contribution in [0.3, 0.4) is 0 Å². The van der Waals surface area contributed by atoms with Gasteiger partial charge in [-0.15, -0.1) is 0 Å². The van der Waals surface area contributed by atoms with Gasteiger partial charge in [0, 0.05) is 44.4 Å². The van der Waals surface area contributed by atoms with E-state index in [0.717, 1.165) is 56.7 Å². The van der Waals surface area contributed by atoms with E-state index in [1.165, 1.54) is 23.6 Å². The van der Waals surface area contributed by atoms with Crippen LogP contribution in [0.1, 0.15) is 48.8 Å². The molecule has 7 nitrogen and oxygen atoms in total. The molecule has 2 aliphatic heterocycles. The fourth-order valence-corrected chi connectivity index (χ4v) is 4.20. The Hall–Kier alpha value is -2.74. The van der Waals surface area contributed by atoms with Crippen LogP contribution in [0.5, 0.6) is 0 Å². The number of nitrogens with one attached hydrogen (secondary N) is 2. The Morgan fingerprint density at radius 3 is 2.82 bits per heavy atom. The van der Waals surface area contributed by atoms with E-state index < -0.39 is 0 Å². The van der Waals surface area contributed by atoms with Crippen LogP contribution in [0.15, 0.2) is 48.7 Å². The van der Waals surface area contributed by atoms with Gasteiger partial charge in [0.25, 0.3) is 5.91 Å². The predicted molar refractivity (Wildman–Crippen MR) is 129 cm³/mol. The SMILES string of the molecule is Cc1ccc(CN2CCC[C@@H](Nc3ccc(/C=C/C(=O)NOC4CCCCO4)cn3)C2)cc1. The number of amides is 1. The van der Waals surface area contributed by atoms with E-state index in [9.17, 15) is 4.79 Å². The molecule has 2 atom stereocenters. The number of aromatic nitrogens is 1. The minimum atomic E-state index is -0.351. The van der Waals surface area contributed by atoms with Crippen LogP contribution in [0.25, 0.3) is 6.08 Å². The molecule has 2 saturated heterocycles. The van der Waals surface area contributed by atoms with Crippen molar-refractivity contribution in [2.75, 3.05) is 25.0 Å². The lowest BCUT2D eigenvalue weighted by atomic mass is 10.0. The molecule has 3 heterocycles. The van der Waals surface area contributed by atoms with E-state index in [2.05, 4.69) is 51.9 Å². The van der Waals surface area contributed by atoms with Crippen molar-refractivity contribution in [3.05, 3.63) is 65.4 Å². The summed E-state index contributed by atoms with van der Waals surface area (Å²) in [7, 11) is 0. The third kappa shape index (κ3) is 7.67. The number of ether oxygens (including phenoxy) is 1. The van der Waals surface area contributed by atoms with E-state index in [4.69, 9.17) is 9.57 Å². The third-order valence-electron chi connectivity index (χ3n) is 6.03. The monoisotopic (exact) mass is 450 g/mol. The molecule has 1 aromatic carbocycles. The molecule has 1 aromatic heterocycles. The molecule has 33 heavy (non-hydrogen) atoms. The van der Waals surface area contributed by atoms with Gasteiger partial charge in [-0.3, -0.25) is 9.69 Å². The van der Waals surface area contributed by atoms with Crippen molar-refractivity contribution in [3.63, 3.8) is 0 Å². The van der Waals surface area contributed by atoms with Gasteiger partial charge in [0.2, 0.25) is 0 Å². The number of rotatable bonds is 8. The lowest BCUT2D eigenvalue weighted by molar-refractivity contribution is -0.198. The highest BCUT2D eigenvalue weighted by molar-refractivity contribution is 5.90. The number of piperidine rings is 1. The average molecular weight is 451 g/mol. The molecular formula is C26H34N4O3. The molecule has 4 rings (SSSR count). The first kappa shape index (κ1) is 23.4. The summed E-state index contributed by atoms with van der Waals surface area (Å²) in [6.45, 7) is 5.90. The Labute approximate surface area is 196 Å². The van der Waals surface area contributed by atoms with Crippen molar-refractivity contribution < 1.29 is 14.4 Å². The van der Waals surface area contributed by atoms with Crippen LogP contribution in [0, 0.1) is 6.92 Å². The second-order valence-corrected chi connectivity index (χ2v) is 8.89. The summed E-state index contributed by atoms with van der Waals surface area (Å²) in [5, 5.41) is 3.56. The minimum Gasteiger partial charge on any atom is -0.366 e. The number of hydrogen-bond donors (Lipinski definition) is 2. The van der Waals surface area contributed by atoms with E-state index in [1.807, 2.05) is 12.1 Å². The number of hydroxylamine groups is 1. The summed E-state index contributed by atoms with van der Waals surface area (Å²) in [6, 6.07) is 13.1. The zero-order chi connectivity index (χ0) is 22.9. The number of carbonyl (C=O) groups excluding carboxylic acids is 1. The topological polar surface area (TPSA) is 75.7 Å². The Morgan fingerprint density at radius 2 is 2.06 bits per heavy atom. The molecular weight excluding hydrogens is 416 g/mol. The van der Waals surface area contributed by atoms with Crippen molar-refractivity contribution in [1.82, 2.24) is 15.4 Å². The van der Waals surface area contributed by atoms with Gasteiger partial charge in [-0.2, -0.15) is 0 Å². The van der Waals surface area contributed by atoms with Crippen LogP contribution < -0.4 is 10.8 Å². The zero-order valence-electron chi connectivity index (χ0n) is 19.3. The highest BCUT2D eigenvalue weighted by Crippen LogP contribution is 2.18. The minimum absolute atomic E-state index is 0.317. The molecule has 2 fully saturated rings.